The number of hydrogen-bond donors (Lipinski definition) is 0. The van der Waals surface area contributed by atoms with Gasteiger partial charge in [0, 0.05) is 6.54 Å². The Kier molecular flexibility index (Phi) is 4.50. The van der Waals surface area contributed by atoms with Gasteiger partial charge in [-0.2, -0.15) is 0 Å². The van der Waals surface area contributed by atoms with Crippen molar-refractivity contribution in [3.63, 3.8) is 0 Å². The summed E-state index contributed by atoms with van der Waals surface area (Å²) in [5.41, 5.74) is 1.01. The maximum atomic E-state index is 4.06. The Morgan fingerprint density at radius 3 is 2.69 bits per heavy atom. The molecule has 1 heterocycles. The Morgan fingerprint density at radius 1 is 1.23 bits per heavy atom. The van der Waals surface area contributed by atoms with E-state index in [1.54, 1.807) is 0 Å². The average Bonchev–Trinajstić information content (AvgIpc) is 2.59. The molecule has 0 aliphatic heterocycles. The largest absolute Gasteiger partial charge is 0.243 e. The van der Waals surface area contributed by atoms with E-state index >= 15 is 0 Å². The molecule has 13 heavy (non-hydrogen) atoms. The standard InChI is InChI=1S/C10H18N3/c1-3-5-7-10-9-13(12-11-10)8-6-4-2/h3-8H2,1-2H3. The second-order valence-electron chi connectivity index (χ2n) is 3.33. The molecule has 3 nitrogen and oxygen atoms in total. The van der Waals surface area contributed by atoms with E-state index in [-0.39, 0.29) is 0 Å². The van der Waals surface area contributed by atoms with E-state index in [2.05, 4.69) is 30.4 Å². The lowest BCUT2D eigenvalue weighted by molar-refractivity contribution is 0.550. The van der Waals surface area contributed by atoms with Gasteiger partial charge < -0.3 is 0 Å². The lowest BCUT2D eigenvalue weighted by Crippen LogP contribution is -1.98. The first-order valence-corrected chi connectivity index (χ1v) is 5.18. The summed E-state index contributed by atoms with van der Waals surface area (Å²) in [5.74, 6) is 0. The monoisotopic (exact) mass is 180 g/mol. The van der Waals surface area contributed by atoms with Gasteiger partial charge in [-0.1, -0.05) is 31.9 Å². The predicted octanol–water partition coefficient (Wildman–Crippen LogP) is 2.22. The van der Waals surface area contributed by atoms with Crippen LogP contribution in [0.5, 0.6) is 0 Å². The number of unbranched alkanes of at least 4 members (excludes halogenated alkanes) is 2. The topological polar surface area (TPSA) is 30.7 Å². The minimum Gasteiger partial charge on any atom is -0.243 e. The summed E-state index contributed by atoms with van der Waals surface area (Å²) < 4.78 is 1.83. The van der Waals surface area contributed by atoms with Crippen molar-refractivity contribution in [3.05, 3.63) is 11.9 Å². The van der Waals surface area contributed by atoms with Crippen LogP contribution in [0.4, 0.5) is 0 Å². The van der Waals surface area contributed by atoms with Crippen molar-refractivity contribution in [2.45, 2.75) is 52.5 Å². The van der Waals surface area contributed by atoms with Crippen molar-refractivity contribution in [1.82, 2.24) is 15.0 Å². The van der Waals surface area contributed by atoms with Crippen LogP contribution >= 0.6 is 0 Å². The molecule has 0 saturated heterocycles. The highest BCUT2D eigenvalue weighted by molar-refractivity contribution is 4.89. The lowest BCUT2D eigenvalue weighted by atomic mass is 10.2. The van der Waals surface area contributed by atoms with Gasteiger partial charge in [0.2, 0.25) is 0 Å². The number of hydrogen-bond acceptors (Lipinski definition) is 2. The van der Waals surface area contributed by atoms with E-state index in [0.717, 1.165) is 25.1 Å². The quantitative estimate of drug-likeness (QED) is 0.672. The van der Waals surface area contributed by atoms with Gasteiger partial charge in [-0.15, -0.1) is 5.10 Å². The smallest absolute Gasteiger partial charge is 0.112 e. The van der Waals surface area contributed by atoms with Gasteiger partial charge >= 0.3 is 0 Å². The Hall–Kier alpha value is -0.860. The average molecular weight is 180 g/mol. The summed E-state index contributed by atoms with van der Waals surface area (Å²) in [4.78, 5) is 0. The zero-order valence-corrected chi connectivity index (χ0v) is 8.58. The molecule has 1 aromatic rings. The SMILES string of the molecule is CCCCc1[c]n(CCCC)nn1. The van der Waals surface area contributed by atoms with E-state index in [1.165, 1.54) is 19.3 Å². The molecule has 0 atom stereocenters. The molecule has 3 heteroatoms. The molecule has 0 aromatic carbocycles. The maximum absolute atomic E-state index is 4.06. The summed E-state index contributed by atoms with van der Waals surface area (Å²) in [7, 11) is 0. The summed E-state index contributed by atoms with van der Waals surface area (Å²) in [5, 5.41) is 8.08. The van der Waals surface area contributed by atoms with E-state index in [4.69, 9.17) is 0 Å². The van der Waals surface area contributed by atoms with Crippen molar-refractivity contribution < 1.29 is 0 Å². The van der Waals surface area contributed by atoms with Crippen molar-refractivity contribution >= 4 is 0 Å². The Labute approximate surface area is 80.1 Å². The normalized spacial score (nSPS) is 10.6. The van der Waals surface area contributed by atoms with E-state index in [9.17, 15) is 0 Å². The molecule has 73 valence electrons. The van der Waals surface area contributed by atoms with Crippen LogP contribution in [0.2, 0.25) is 0 Å². The second-order valence-corrected chi connectivity index (χ2v) is 3.33. The van der Waals surface area contributed by atoms with Crippen LogP contribution in [-0.2, 0) is 13.0 Å². The van der Waals surface area contributed by atoms with Crippen LogP contribution in [0.3, 0.4) is 0 Å². The number of aromatic nitrogens is 3. The molecule has 0 fully saturated rings. The van der Waals surface area contributed by atoms with Crippen LogP contribution < -0.4 is 0 Å². The van der Waals surface area contributed by atoms with Gasteiger partial charge in [0.15, 0.2) is 0 Å². The fourth-order valence-electron chi connectivity index (χ4n) is 1.16. The molecule has 1 rings (SSSR count). The predicted molar refractivity (Wildman–Crippen MR) is 52.4 cm³/mol. The zero-order valence-electron chi connectivity index (χ0n) is 8.58. The summed E-state index contributed by atoms with van der Waals surface area (Å²) in [6.45, 7) is 5.31. The second kappa shape index (κ2) is 5.73. The Morgan fingerprint density at radius 2 is 2.00 bits per heavy atom. The van der Waals surface area contributed by atoms with Gasteiger partial charge in [-0.3, -0.25) is 0 Å². The van der Waals surface area contributed by atoms with Crippen LogP contribution in [0.15, 0.2) is 0 Å². The van der Waals surface area contributed by atoms with Crippen molar-refractivity contribution in [3.8, 4) is 0 Å². The molecule has 0 spiro atoms. The Balaban J connectivity index is 2.34. The highest BCUT2D eigenvalue weighted by Crippen LogP contribution is 2.00. The minimum atomic E-state index is 0.954. The summed E-state index contributed by atoms with van der Waals surface area (Å²) in [6, 6.07) is 0. The van der Waals surface area contributed by atoms with E-state index in [0.29, 0.717) is 0 Å². The Bertz CT molecular complexity index is 207. The first kappa shape index (κ1) is 10.2. The zero-order chi connectivity index (χ0) is 9.52. The molecule has 0 unspecified atom stereocenters. The molecule has 1 radical (unpaired) electrons. The summed E-state index contributed by atoms with van der Waals surface area (Å²) in [6.07, 6.45) is 8.93. The van der Waals surface area contributed by atoms with Gasteiger partial charge in [0.25, 0.3) is 0 Å². The van der Waals surface area contributed by atoms with Gasteiger partial charge in [0.1, 0.15) is 6.20 Å². The van der Waals surface area contributed by atoms with Crippen LogP contribution in [0, 0.1) is 6.20 Å². The van der Waals surface area contributed by atoms with Crippen LogP contribution in [0.25, 0.3) is 0 Å². The van der Waals surface area contributed by atoms with Crippen molar-refractivity contribution in [2.75, 3.05) is 0 Å². The first-order chi connectivity index (χ1) is 6.36. The minimum absolute atomic E-state index is 0.954. The highest BCUT2D eigenvalue weighted by atomic mass is 15.4. The van der Waals surface area contributed by atoms with Gasteiger partial charge in [-0.05, 0) is 19.3 Å². The number of rotatable bonds is 6. The van der Waals surface area contributed by atoms with E-state index in [1.807, 2.05) is 4.68 Å². The molecular formula is C10H18N3. The van der Waals surface area contributed by atoms with Crippen molar-refractivity contribution in [2.24, 2.45) is 0 Å². The fraction of sp³-hybridized carbons (Fsp3) is 0.800. The third kappa shape index (κ3) is 3.57. The van der Waals surface area contributed by atoms with Crippen LogP contribution in [0.1, 0.15) is 45.2 Å². The third-order valence-electron chi connectivity index (χ3n) is 2.02. The molecule has 0 bridgehead atoms. The summed E-state index contributed by atoms with van der Waals surface area (Å²) >= 11 is 0. The molecule has 0 aliphatic rings. The molecule has 0 amide bonds. The fourth-order valence-corrected chi connectivity index (χ4v) is 1.16. The number of aryl methyl sites for hydroxylation is 2. The van der Waals surface area contributed by atoms with Gasteiger partial charge in [-0.25, -0.2) is 4.68 Å². The first-order valence-electron chi connectivity index (χ1n) is 5.18. The van der Waals surface area contributed by atoms with E-state index < -0.39 is 0 Å². The molecular weight excluding hydrogens is 162 g/mol. The molecule has 0 aliphatic carbocycles. The highest BCUT2D eigenvalue weighted by Gasteiger charge is 1.99. The lowest BCUT2D eigenvalue weighted by Gasteiger charge is -1.94. The van der Waals surface area contributed by atoms with Crippen LogP contribution in [-0.4, -0.2) is 15.0 Å². The maximum Gasteiger partial charge on any atom is 0.112 e. The third-order valence-corrected chi connectivity index (χ3v) is 2.02. The molecule has 0 saturated carbocycles. The molecule has 0 N–H and O–H groups in total. The van der Waals surface area contributed by atoms with Crippen molar-refractivity contribution in [1.29, 1.82) is 0 Å². The van der Waals surface area contributed by atoms with Gasteiger partial charge in [0.05, 0.1) is 5.69 Å². The number of nitrogens with zero attached hydrogens (tertiary/aromatic N) is 3. The molecule has 1 aromatic heterocycles.